The topological polar surface area (TPSA) is 71.8 Å². The Labute approximate surface area is 146 Å². The Balaban J connectivity index is 1.83. The number of alkyl halides is 3. The van der Waals surface area contributed by atoms with Gasteiger partial charge in [0.1, 0.15) is 5.82 Å². The molecule has 1 fully saturated rings. The molecular formula is C15H15ClF3N5O. The van der Waals surface area contributed by atoms with Crippen molar-refractivity contribution in [1.82, 2.24) is 20.1 Å². The van der Waals surface area contributed by atoms with E-state index in [1.807, 2.05) is 0 Å². The van der Waals surface area contributed by atoms with Crippen LogP contribution >= 0.6 is 11.6 Å². The number of amides is 1. The molecule has 10 heteroatoms. The summed E-state index contributed by atoms with van der Waals surface area (Å²) >= 11 is 5.95. The molecule has 0 aliphatic carbocycles. The maximum absolute atomic E-state index is 12.7. The fraction of sp³-hybridized carbons (Fsp3) is 0.400. The van der Waals surface area contributed by atoms with Crippen molar-refractivity contribution in [3.05, 3.63) is 40.8 Å². The first-order valence-electron chi connectivity index (χ1n) is 7.51. The van der Waals surface area contributed by atoms with Crippen molar-refractivity contribution < 1.29 is 18.0 Å². The molecule has 6 nitrogen and oxygen atoms in total. The number of nitrogens with one attached hydrogen (secondary N) is 2. The Morgan fingerprint density at radius 3 is 2.76 bits per heavy atom. The number of carbonyl (C=O) groups is 1. The Morgan fingerprint density at radius 1 is 1.40 bits per heavy atom. The summed E-state index contributed by atoms with van der Waals surface area (Å²) in [5.41, 5.74) is -0.125. The highest BCUT2D eigenvalue weighted by Crippen LogP contribution is 2.34. The van der Waals surface area contributed by atoms with Gasteiger partial charge in [0, 0.05) is 31.4 Å². The van der Waals surface area contributed by atoms with Gasteiger partial charge in [-0.2, -0.15) is 18.3 Å². The predicted octanol–water partition coefficient (Wildman–Crippen LogP) is 2.92. The van der Waals surface area contributed by atoms with Crippen molar-refractivity contribution in [3.63, 3.8) is 0 Å². The summed E-state index contributed by atoms with van der Waals surface area (Å²) in [4.78, 5) is 15.5. The van der Waals surface area contributed by atoms with Gasteiger partial charge in [-0.1, -0.05) is 11.6 Å². The van der Waals surface area contributed by atoms with Crippen molar-refractivity contribution in [2.75, 3.05) is 5.32 Å². The van der Waals surface area contributed by atoms with Gasteiger partial charge in [0.15, 0.2) is 0 Å². The highest BCUT2D eigenvalue weighted by atomic mass is 35.5. The third kappa shape index (κ3) is 3.87. The Hall–Kier alpha value is -2.29. The van der Waals surface area contributed by atoms with E-state index in [0.29, 0.717) is 12.8 Å². The lowest BCUT2D eigenvalue weighted by molar-refractivity contribution is -0.137. The molecule has 1 aliphatic heterocycles. The quantitative estimate of drug-likeness (QED) is 0.867. The van der Waals surface area contributed by atoms with E-state index in [0.717, 1.165) is 17.8 Å². The van der Waals surface area contributed by atoms with Crippen LogP contribution in [0, 0.1) is 0 Å². The number of rotatable bonds is 3. The maximum Gasteiger partial charge on any atom is 0.417 e. The number of pyridine rings is 1. The molecule has 3 rings (SSSR count). The van der Waals surface area contributed by atoms with E-state index in [1.165, 1.54) is 0 Å². The van der Waals surface area contributed by atoms with E-state index >= 15 is 0 Å². The van der Waals surface area contributed by atoms with Crippen LogP contribution < -0.4 is 10.6 Å². The normalized spacial score (nSPS) is 21.1. The first kappa shape index (κ1) is 17.5. The largest absolute Gasteiger partial charge is 0.417 e. The van der Waals surface area contributed by atoms with Crippen LogP contribution in [0.15, 0.2) is 24.7 Å². The summed E-state index contributed by atoms with van der Waals surface area (Å²) in [6.45, 7) is 0. The van der Waals surface area contributed by atoms with Gasteiger partial charge < -0.3 is 10.6 Å². The molecule has 0 aromatic carbocycles. The molecule has 1 aliphatic rings. The molecular weight excluding hydrogens is 359 g/mol. The second-order valence-electron chi connectivity index (χ2n) is 5.83. The van der Waals surface area contributed by atoms with E-state index in [9.17, 15) is 18.0 Å². The Morgan fingerprint density at radius 2 is 2.16 bits per heavy atom. The van der Waals surface area contributed by atoms with Crippen LogP contribution in [0.3, 0.4) is 0 Å². The zero-order valence-electron chi connectivity index (χ0n) is 13.1. The van der Waals surface area contributed by atoms with Crippen LogP contribution in [0.5, 0.6) is 0 Å². The summed E-state index contributed by atoms with van der Waals surface area (Å²) < 4.78 is 39.7. The van der Waals surface area contributed by atoms with Crippen molar-refractivity contribution in [1.29, 1.82) is 0 Å². The zero-order valence-corrected chi connectivity index (χ0v) is 13.9. The van der Waals surface area contributed by atoms with E-state index in [-0.39, 0.29) is 28.8 Å². The molecule has 134 valence electrons. The molecule has 1 amide bonds. The molecule has 1 saturated heterocycles. The van der Waals surface area contributed by atoms with Gasteiger partial charge >= 0.3 is 6.18 Å². The van der Waals surface area contributed by atoms with Gasteiger partial charge in [-0.3, -0.25) is 9.48 Å². The average Bonchev–Trinajstić information content (AvgIpc) is 2.96. The lowest BCUT2D eigenvalue weighted by atomic mass is 9.93. The monoisotopic (exact) mass is 373 g/mol. The second-order valence-corrected chi connectivity index (χ2v) is 6.24. The number of aryl methyl sites for hydroxylation is 1. The highest BCUT2D eigenvalue weighted by molar-refractivity contribution is 6.33. The number of carbonyl (C=O) groups excluding carboxylic acids is 1. The molecule has 2 aromatic rings. The third-order valence-corrected chi connectivity index (χ3v) is 4.26. The van der Waals surface area contributed by atoms with Crippen LogP contribution in [0.2, 0.25) is 5.02 Å². The number of nitrogens with zero attached hydrogens (tertiary/aromatic N) is 3. The van der Waals surface area contributed by atoms with Crippen LogP contribution in [-0.4, -0.2) is 26.7 Å². The molecule has 0 radical (unpaired) electrons. The molecule has 0 saturated carbocycles. The Kier molecular flexibility index (Phi) is 4.59. The lowest BCUT2D eigenvalue weighted by Crippen LogP contribution is -2.45. The van der Waals surface area contributed by atoms with Crippen molar-refractivity contribution >= 4 is 23.3 Å². The van der Waals surface area contributed by atoms with Gasteiger partial charge in [-0.25, -0.2) is 4.98 Å². The minimum Gasteiger partial charge on any atom is -0.364 e. The minimum absolute atomic E-state index is 0.0987. The van der Waals surface area contributed by atoms with E-state index in [2.05, 4.69) is 20.7 Å². The molecule has 0 spiro atoms. The SMILES string of the molecule is Cn1cc([C@@H]2NC(=O)CC[C@H]2Nc2ncc(C(F)(F)F)cc2Cl)cn1. The van der Waals surface area contributed by atoms with Crippen molar-refractivity contribution in [2.24, 2.45) is 7.05 Å². The van der Waals surface area contributed by atoms with Crippen LogP contribution in [0.25, 0.3) is 0 Å². The van der Waals surface area contributed by atoms with Crippen LogP contribution in [0.1, 0.15) is 30.0 Å². The van der Waals surface area contributed by atoms with Crippen molar-refractivity contribution in [2.45, 2.75) is 31.1 Å². The zero-order chi connectivity index (χ0) is 18.2. The van der Waals surface area contributed by atoms with Gasteiger partial charge in [-0.15, -0.1) is 0 Å². The van der Waals surface area contributed by atoms with E-state index < -0.39 is 11.7 Å². The number of hydrogen-bond acceptors (Lipinski definition) is 4. The third-order valence-electron chi connectivity index (χ3n) is 3.98. The average molecular weight is 374 g/mol. The number of hydrogen-bond donors (Lipinski definition) is 2. The van der Waals surface area contributed by atoms with Gasteiger partial charge in [0.05, 0.1) is 28.9 Å². The van der Waals surface area contributed by atoms with Crippen LogP contribution in [-0.2, 0) is 18.0 Å². The standard InChI is InChI=1S/C15H15ClF3N5O/c1-24-7-8(5-21-24)13-11(2-3-12(25)23-13)22-14-10(16)4-9(6-20-14)15(17,18)19/h4-7,11,13H,2-3H2,1H3,(H,20,22)(H,23,25)/t11-,13+/m1/s1. The predicted molar refractivity (Wildman–Crippen MR) is 85.0 cm³/mol. The molecule has 25 heavy (non-hydrogen) atoms. The van der Waals surface area contributed by atoms with E-state index in [1.54, 1.807) is 24.1 Å². The lowest BCUT2D eigenvalue weighted by Gasteiger charge is -2.32. The molecule has 3 heterocycles. The summed E-state index contributed by atoms with van der Waals surface area (Å²) in [5, 5.41) is 9.87. The summed E-state index contributed by atoms with van der Waals surface area (Å²) in [6.07, 6.45) is 0.414. The van der Waals surface area contributed by atoms with E-state index in [4.69, 9.17) is 11.6 Å². The van der Waals surface area contributed by atoms with Gasteiger partial charge in [-0.05, 0) is 12.5 Å². The second kappa shape index (κ2) is 6.55. The maximum atomic E-state index is 12.7. The fourth-order valence-corrected chi connectivity index (χ4v) is 2.97. The van der Waals surface area contributed by atoms with Gasteiger partial charge in [0.2, 0.25) is 5.91 Å². The smallest absolute Gasteiger partial charge is 0.364 e. The summed E-state index contributed by atoms with van der Waals surface area (Å²) in [5.74, 6) is 0.0445. The fourth-order valence-electron chi connectivity index (χ4n) is 2.75. The minimum atomic E-state index is -4.51. The number of aromatic nitrogens is 3. The summed E-state index contributed by atoms with van der Waals surface area (Å²) in [6, 6.07) is 0.177. The first-order valence-corrected chi connectivity index (χ1v) is 7.89. The molecule has 2 atom stereocenters. The summed E-state index contributed by atoms with van der Waals surface area (Å²) in [7, 11) is 1.75. The Bertz CT molecular complexity index is 792. The number of anilines is 1. The van der Waals surface area contributed by atoms with Crippen molar-refractivity contribution in [3.8, 4) is 0 Å². The molecule has 2 aromatic heterocycles. The number of halogens is 4. The van der Waals surface area contributed by atoms with Crippen LogP contribution in [0.4, 0.5) is 19.0 Å². The number of piperidine rings is 1. The molecule has 0 bridgehead atoms. The van der Waals surface area contributed by atoms with Gasteiger partial charge in [0.25, 0.3) is 0 Å². The molecule has 2 N–H and O–H groups in total. The first-order chi connectivity index (χ1) is 11.7. The molecule has 0 unspecified atom stereocenters. The highest BCUT2D eigenvalue weighted by Gasteiger charge is 2.33.